The molecule has 2 aromatic carbocycles. The van der Waals surface area contributed by atoms with Crippen molar-refractivity contribution in [2.45, 2.75) is 32.4 Å². The first-order valence-electron chi connectivity index (χ1n) is 6.60. The van der Waals surface area contributed by atoms with Gasteiger partial charge in [-0.2, -0.15) is 13.2 Å². The van der Waals surface area contributed by atoms with Gasteiger partial charge in [-0.1, -0.05) is 32.0 Å². The first-order chi connectivity index (χ1) is 9.62. The van der Waals surface area contributed by atoms with Gasteiger partial charge < -0.3 is 5.11 Å². The molecule has 2 rings (SSSR count). The van der Waals surface area contributed by atoms with Crippen molar-refractivity contribution in [2.24, 2.45) is 0 Å². The summed E-state index contributed by atoms with van der Waals surface area (Å²) in [4.78, 5) is 0. The maximum Gasteiger partial charge on any atom is 0.416 e. The van der Waals surface area contributed by atoms with Gasteiger partial charge in [-0.15, -0.1) is 0 Å². The lowest BCUT2D eigenvalue weighted by atomic mass is 9.76. The van der Waals surface area contributed by atoms with E-state index in [2.05, 4.69) is 0 Å². The highest BCUT2D eigenvalue weighted by molar-refractivity contribution is 5.44. The molecule has 0 unspecified atom stereocenters. The van der Waals surface area contributed by atoms with Gasteiger partial charge in [-0.3, -0.25) is 0 Å². The average molecular weight is 294 g/mol. The predicted molar refractivity (Wildman–Crippen MR) is 76.4 cm³/mol. The van der Waals surface area contributed by atoms with Gasteiger partial charge >= 0.3 is 6.18 Å². The quantitative estimate of drug-likeness (QED) is 0.822. The van der Waals surface area contributed by atoms with E-state index in [1.54, 1.807) is 31.2 Å². The molecule has 0 aliphatic rings. The van der Waals surface area contributed by atoms with Crippen LogP contribution in [0.3, 0.4) is 0 Å². The van der Waals surface area contributed by atoms with E-state index >= 15 is 0 Å². The highest BCUT2D eigenvalue weighted by atomic mass is 19.4. The summed E-state index contributed by atoms with van der Waals surface area (Å²) in [5, 5.41) is 9.35. The van der Waals surface area contributed by atoms with Crippen LogP contribution in [0.15, 0.2) is 42.5 Å². The molecular weight excluding hydrogens is 277 g/mol. The standard InChI is InChI=1S/C17H17F3O/c1-11-10-13(17(18,19)20)6-9-15(11)16(2,3)12-4-7-14(21)8-5-12/h4-10,21H,1-3H3. The zero-order chi connectivity index (χ0) is 15.8. The summed E-state index contributed by atoms with van der Waals surface area (Å²) in [6.45, 7) is 5.59. The number of aryl methyl sites for hydroxylation is 1. The van der Waals surface area contributed by atoms with Crippen LogP contribution in [0.25, 0.3) is 0 Å². The number of phenols is 1. The van der Waals surface area contributed by atoms with E-state index in [1.807, 2.05) is 13.8 Å². The SMILES string of the molecule is Cc1cc(C(F)(F)F)ccc1C(C)(C)c1ccc(O)cc1. The molecule has 1 N–H and O–H groups in total. The Morgan fingerprint density at radius 1 is 0.857 bits per heavy atom. The number of alkyl halides is 3. The van der Waals surface area contributed by atoms with E-state index in [0.29, 0.717) is 5.56 Å². The van der Waals surface area contributed by atoms with Crippen LogP contribution >= 0.6 is 0 Å². The highest BCUT2D eigenvalue weighted by Gasteiger charge is 2.32. The molecule has 0 spiro atoms. The summed E-state index contributed by atoms with van der Waals surface area (Å²) in [6.07, 6.45) is -4.33. The topological polar surface area (TPSA) is 20.2 Å². The number of aromatic hydroxyl groups is 1. The Morgan fingerprint density at radius 2 is 1.38 bits per heavy atom. The predicted octanol–water partition coefficient (Wildman–Crippen LogP) is 5.05. The molecule has 0 aromatic heterocycles. The Labute approximate surface area is 122 Å². The van der Waals surface area contributed by atoms with E-state index in [9.17, 15) is 18.3 Å². The highest BCUT2D eigenvalue weighted by Crippen LogP contribution is 2.37. The van der Waals surface area contributed by atoms with Crippen LogP contribution in [0.5, 0.6) is 5.75 Å². The van der Waals surface area contributed by atoms with Gasteiger partial charge in [0.25, 0.3) is 0 Å². The van der Waals surface area contributed by atoms with Gasteiger partial charge in [0.15, 0.2) is 0 Å². The molecule has 0 atom stereocenters. The number of halogens is 3. The summed E-state index contributed by atoms with van der Waals surface area (Å²) < 4.78 is 38.2. The smallest absolute Gasteiger partial charge is 0.416 e. The molecule has 0 fully saturated rings. The molecule has 0 bridgehead atoms. The van der Waals surface area contributed by atoms with Gasteiger partial charge in [-0.25, -0.2) is 0 Å². The molecule has 4 heteroatoms. The van der Waals surface area contributed by atoms with Crippen molar-refractivity contribution in [1.82, 2.24) is 0 Å². The Kier molecular flexibility index (Phi) is 3.74. The number of hydrogen-bond acceptors (Lipinski definition) is 1. The summed E-state index contributed by atoms with van der Waals surface area (Å²) in [5.74, 6) is 0.165. The Hall–Kier alpha value is -1.97. The second-order valence-electron chi connectivity index (χ2n) is 5.70. The third-order valence-electron chi connectivity index (χ3n) is 3.82. The normalized spacial score (nSPS) is 12.5. The minimum atomic E-state index is -4.33. The van der Waals surface area contributed by atoms with E-state index in [0.717, 1.165) is 17.2 Å². The second kappa shape index (κ2) is 5.10. The van der Waals surface area contributed by atoms with Gasteiger partial charge in [0.2, 0.25) is 0 Å². The number of benzene rings is 2. The Morgan fingerprint density at radius 3 is 1.86 bits per heavy atom. The number of rotatable bonds is 2. The van der Waals surface area contributed by atoms with Crippen molar-refractivity contribution in [3.05, 3.63) is 64.7 Å². The van der Waals surface area contributed by atoms with Crippen LogP contribution in [0.2, 0.25) is 0 Å². The summed E-state index contributed by atoms with van der Waals surface area (Å²) in [6, 6.07) is 10.6. The lowest BCUT2D eigenvalue weighted by Crippen LogP contribution is -2.20. The van der Waals surface area contributed by atoms with Crippen LogP contribution in [-0.2, 0) is 11.6 Å². The zero-order valence-corrected chi connectivity index (χ0v) is 12.1. The maximum atomic E-state index is 12.7. The van der Waals surface area contributed by atoms with Crippen LogP contribution in [0.4, 0.5) is 13.2 Å². The molecule has 112 valence electrons. The molecule has 2 aromatic rings. The van der Waals surface area contributed by atoms with E-state index in [4.69, 9.17) is 0 Å². The lowest BCUT2D eigenvalue weighted by Gasteiger charge is -2.28. The van der Waals surface area contributed by atoms with Crippen molar-refractivity contribution in [1.29, 1.82) is 0 Å². The fourth-order valence-electron chi connectivity index (χ4n) is 2.57. The summed E-state index contributed by atoms with van der Waals surface area (Å²) in [5.41, 5.74) is 1.29. The molecule has 0 saturated heterocycles. The van der Waals surface area contributed by atoms with Gasteiger partial charge in [0.1, 0.15) is 5.75 Å². The van der Waals surface area contributed by atoms with Crippen molar-refractivity contribution in [3.63, 3.8) is 0 Å². The van der Waals surface area contributed by atoms with E-state index < -0.39 is 17.2 Å². The lowest BCUT2D eigenvalue weighted by molar-refractivity contribution is -0.137. The molecule has 0 saturated carbocycles. The summed E-state index contributed by atoms with van der Waals surface area (Å²) >= 11 is 0. The third-order valence-corrected chi connectivity index (χ3v) is 3.82. The first-order valence-corrected chi connectivity index (χ1v) is 6.60. The average Bonchev–Trinajstić information content (AvgIpc) is 2.37. The summed E-state index contributed by atoms with van der Waals surface area (Å²) in [7, 11) is 0. The largest absolute Gasteiger partial charge is 0.508 e. The van der Waals surface area contributed by atoms with Crippen molar-refractivity contribution in [2.75, 3.05) is 0 Å². The van der Waals surface area contributed by atoms with E-state index in [-0.39, 0.29) is 5.75 Å². The molecule has 1 nitrogen and oxygen atoms in total. The molecule has 0 aliphatic carbocycles. The van der Waals surface area contributed by atoms with Gasteiger partial charge in [0, 0.05) is 5.41 Å². The monoisotopic (exact) mass is 294 g/mol. The van der Waals surface area contributed by atoms with Crippen molar-refractivity contribution < 1.29 is 18.3 Å². The van der Waals surface area contributed by atoms with Crippen LogP contribution in [0, 0.1) is 6.92 Å². The van der Waals surface area contributed by atoms with Gasteiger partial charge in [0.05, 0.1) is 5.56 Å². The molecule has 0 radical (unpaired) electrons. The van der Waals surface area contributed by atoms with Crippen molar-refractivity contribution >= 4 is 0 Å². The maximum absolute atomic E-state index is 12.7. The van der Waals surface area contributed by atoms with Crippen LogP contribution < -0.4 is 0 Å². The fourth-order valence-corrected chi connectivity index (χ4v) is 2.57. The van der Waals surface area contributed by atoms with Gasteiger partial charge in [-0.05, 0) is 47.9 Å². The number of hydrogen-bond donors (Lipinski definition) is 1. The fraction of sp³-hybridized carbons (Fsp3) is 0.294. The first kappa shape index (κ1) is 15.4. The molecule has 0 amide bonds. The van der Waals surface area contributed by atoms with Crippen molar-refractivity contribution in [3.8, 4) is 5.75 Å². The van der Waals surface area contributed by atoms with E-state index in [1.165, 1.54) is 12.1 Å². The second-order valence-corrected chi connectivity index (χ2v) is 5.70. The minimum absolute atomic E-state index is 0.165. The van der Waals surface area contributed by atoms with Crippen LogP contribution in [-0.4, -0.2) is 5.11 Å². The number of phenolic OH excluding ortho intramolecular Hbond substituents is 1. The molecule has 0 aliphatic heterocycles. The molecular formula is C17H17F3O. The zero-order valence-electron chi connectivity index (χ0n) is 12.1. The Bertz CT molecular complexity index is 640. The third kappa shape index (κ3) is 3.04. The Balaban J connectivity index is 2.47. The molecule has 0 heterocycles. The minimum Gasteiger partial charge on any atom is -0.508 e. The van der Waals surface area contributed by atoms with Crippen LogP contribution in [0.1, 0.15) is 36.1 Å². The molecule has 21 heavy (non-hydrogen) atoms.